The minimum atomic E-state index is -0.213. The van der Waals surface area contributed by atoms with Crippen LogP contribution in [-0.2, 0) is 4.79 Å². The molecule has 1 aliphatic carbocycles. The Labute approximate surface area is 140 Å². The molecule has 5 nitrogen and oxygen atoms in total. The predicted octanol–water partition coefficient (Wildman–Crippen LogP) is 5.48. The molecule has 0 spiro atoms. The smallest absolute Gasteiger partial charge is 0.267 e. The molecule has 1 heterocycles. The Balaban J connectivity index is 1.91. The lowest BCUT2D eigenvalue weighted by atomic mass is 9.89. The molecule has 0 radical (unpaired) electrons. The Morgan fingerprint density at radius 1 is 1.32 bits per heavy atom. The quantitative estimate of drug-likeness (QED) is 0.672. The lowest BCUT2D eigenvalue weighted by molar-refractivity contribution is -0.122. The van der Waals surface area contributed by atoms with Gasteiger partial charge >= 0.3 is 0 Å². The van der Waals surface area contributed by atoms with Gasteiger partial charge in [-0.3, -0.25) is 4.79 Å². The molecule has 0 bridgehead atoms. The normalized spacial score (nSPS) is 16.6. The van der Waals surface area contributed by atoms with Crippen molar-refractivity contribution < 1.29 is 9.90 Å². The number of aromatic amines is 1. The number of H-pyrrole nitrogens is 1. The van der Waals surface area contributed by atoms with E-state index in [2.05, 4.69) is 31.1 Å². The molecule has 0 unspecified atom stereocenters. The van der Waals surface area contributed by atoms with Crippen molar-refractivity contribution in [3.8, 4) is 5.88 Å². The Hall–Kier alpha value is -1.40. The molecular formula is C15H15BrClN3O2. The van der Waals surface area contributed by atoms with E-state index in [0.717, 1.165) is 25.7 Å². The molecule has 1 aromatic heterocycles. The Morgan fingerprint density at radius 2 is 2.05 bits per heavy atom. The van der Waals surface area contributed by atoms with Crippen LogP contribution in [0, 0.1) is 5.92 Å². The summed E-state index contributed by atoms with van der Waals surface area (Å²) in [7, 11) is 0. The maximum Gasteiger partial charge on any atom is 0.267 e. The number of azo groups is 1. The first-order chi connectivity index (χ1) is 10.6. The summed E-state index contributed by atoms with van der Waals surface area (Å²) in [6.45, 7) is 0. The number of hydrogen-bond donors (Lipinski definition) is 2. The number of nitrogens with zero attached hydrogens (tertiary/aromatic N) is 2. The average Bonchev–Trinajstić information content (AvgIpc) is 2.82. The van der Waals surface area contributed by atoms with E-state index in [9.17, 15) is 9.90 Å². The fraction of sp³-hybridized carbons (Fsp3) is 0.400. The number of hydrogen-bond acceptors (Lipinski definition) is 3. The zero-order chi connectivity index (χ0) is 15.7. The van der Waals surface area contributed by atoms with Crippen molar-refractivity contribution in [1.29, 1.82) is 0 Å². The van der Waals surface area contributed by atoms with Crippen molar-refractivity contribution in [2.75, 3.05) is 0 Å². The van der Waals surface area contributed by atoms with E-state index >= 15 is 0 Å². The molecule has 2 aromatic rings. The van der Waals surface area contributed by atoms with Gasteiger partial charge in [-0.15, -0.1) is 10.2 Å². The van der Waals surface area contributed by atoms with Crippen molar-refractivity contribution in [2.24, 2.45) is 16.1 Å². The van der Waals surface area contributed by atoms with Gasteiger partial charge in [-0.1, -0.05) is 30.9 Å². The molecule has 7 heteroatoms. The molecule has 0 aliphatic heterocycles. The summed E-state index contributed by atoms with van der Waals surface area (Å²) in [4.78, 5) is 14.9. The van der Waals surface area contributed by atoms with Gasteiger partial charge in [0.1, 0.15) is 0 Å². The fourth-order valence-corrected chi connectivity index (χ4v) is 3.73. The van der Waals surface area contributed by atoms with Crippen molar-refractivity contribution in [1.82, 2.24) is 4.98 Å². The predicted molar refractivity (Wildman–Crippen MR) is 88.8 cm³/mol. The molecule has 1 aliphatic rings. The third-order valence-corrected chi connectivity index (χ3v) is 4.82. The van der Waals surface area contributed by atoms with E-state index < -0.39 is 0 Å². The largest absolute Gasteiger partial charge is 0.493 e. The highest BCUT2D eigenvalue weighted by Gasteiger charge is 2.21. The summed E-state index contributed by atoms with van der Waals surface area (Å²) < 4.78 is 0.713. The van der Waals surface area contributed by atoms with Crippen LogP contribution < -0.4 is 0 Å². The van der Waals surface area contributed by atoms with Gasteiger partial charge < -0.3 is 10.1 Å². The topological polar surface area (TPSA) is 77.8 Å². The highest BCUT2D eigenvalue weighted by atomic mass is 79.9. The first-order valence-electron chi connectivity index (χ1n) is 7.21. The fourth-order valence-electron chi connectivity index (χ4n) is 2.82. The Kier molecular flexibility index (Phi) is 4.49. The first kappa shape index (κ1) is 15.5. The zero-order valence-electron chi connectivity index (χ0n) is 11.8. The summed E-state index contributed by atoms with van der Waals surface area (Å²) >= 11 is 9.40. The van der Waals surface area contributed by atoms with Crippen LogP contribution in [0.4, 0.5) is 5.69 Å². The van der Waals surface area contributed by atoms with Crippen LogP contribution in [0.3, 0.4) is 0 Å². The number of nitrogens with one attached hydrogen (secondary N) is 1. The summed E-state index contributed by atoms with van der Waals surface area (Å²) in [6.07, 6.45) is 5.04. The Bertz CT molecular complexity index is 751. The third kappa shape index (κ3) is 3.03. The van der Waals surface area contributed by atoms with Crippen molar-refractivity contribution >= 4 is 50.0 Å². The highest BCUT2D eigenvalue weighted by molar-refractivity contribution is 9.10. The monoisotopic (exact) mass is 383 g/mol. The highest BCUT2D eigenvalue weighted by Crippen LogP contribution is 2.40. The number of amides is 1. The van der Waals surface area contributed by atoms with Crippen molar-refractivity contribution in [3.63, 3.8) is 0 Å². The summed E-state index contributed by atoms with van der Waals surface area (Å²) in [5.74, 6) is -0.382. The third-order valence-electron chi connectivity index (χ3n) is 3.98. The minimum Gasteiger partial charge on any atom is -0.493 e. The lowest BCUT2D eigenvalue weighted by Gasteiger charge is -2.17. The van der Waals surface area contributed by atoms with Gasteiger partial charge in [0.15, 0.2) is 5.69 Å². The van der Waals surface area contributed by atoms with Gasteiger partial charge in [-0.2, -0.15) is 0 Å². The van der Waals surface area contributed by atoms with Gasteiger partial charge in [0, 0.05) is 20.8 Å². The second-order valence-electron chi connectivity index (χ2n) is 5.51. The number of carbonyl (C=O) groups is 1. The van der Waals surface area contributed by atoms with Gasteiger partial charge in [0.25, 0.3) is 5.91 Å². The number of fused-ring (bicyclic) bond motifs is 1. The molecule has 116 valence electrons. The molecule has 1 fully saturated rings. The van der Waals surface area contributed by atoms with Crippen LogP contribution >= 0.6 is 27.5 Å². The lowest BCUT2D eigenvalue weighted by Crippen LogP contribution is -2.15. The van der Waals surface area contributed by atoms with Crippen LogP contribution in [0.1, 0.15) is 32.1 Å². The number of aromatic nitrogens is 1. The molecular weight excluding hydrogens is 370 g/mol. The van der Waals surface area contributed by atoms with Crippen LogP contribution in [0.2, 0.25) is 5.02 Å². The second kappa shape index (κ2) is 6.38. The van der Waals surface area contributed by atoms with Crippen LogP contribution in [0.25, 0.3) is 10.9 Å². The minimum absolute atomic E-state index is 0.0415. The molecule has 3 rings (SSSR count). The maximum absolute atomic E-state index is 12.1. The molecule has 1 saturated carbocycles. The Morgan fingerprint density at radius 3 is 2.77 bits per heavy atom. The maximum atomic E-state index is 12.1. The number of halogens is 2. The van der Waals surface area contributed by atoms with E-state index in [1.54, 1.807) is 12.1 Å². The van der Waals surface area contributed by atoms with Crippen LogP contribution in [0.5, 0.6) is 5.88 Å². The van der Waals surface area contributed by atoms with Crippen molar-refractivity contribution in [2.45, 2.75) is 32.1 Å². The number of benzene rings is 1. The molecule has 2 N–H and O–H groups in total. The average molecular weight is 385 g/mol. The molecule has 1 aromatic carbocycles. The van der Waals surface area contributed by atoms with E-state index in [4.69, 9.17) is 11.6 Å². The van der Waals surface area contributed by atoms with Gasteiger partial charge in [-0.05, 0) is 40.9 Å². The molecule has 0 atom stereocenters. The van der Waals surface area contributed by atoms with Crippen LogP contribution in [-0.4, -0.2) is 16.0 Å². The van der Waals surface area contributed by atoms with Crippen molar-refractivity contribution in [3.05, 3.63) is 21.6 Å². The zero-order valence-corrected chi connectivity index (χ0v) is 14.1. The second-order valence-corrected chi connectivity index (χ2v) is 6.80. The standard InChI is InChI=1S/C15H15BrClN3O2/c16-11-7-9(17)6-10-12(11)18-15(22)13(10)19-20-14(21)8-4-2-1-3-5-8/h6-8,18,22H,1-5H2. The molecule has 1 amide bonds. The summed E-state index contributed by atoms with van der Waals surface area (Å²) in [5, 5.41) is 18.9. The van der Waals surface area contributed by atoms with E-state index in [1.165, 1.54) is 6.42 Å². The van der Waals surface area contributed by atoms with Crippen LogP contribution in [0.15, 0.2) is 26.8 Å². The number of aromatic hydroxyl groups is 1. The molecule has 0 saturated heterocycles. The summed E-state index contributed by atoms with van der Waals surface area (Å²) in [6, 6.07) is 3.39. The van der Waals surface area contributed by atoms with Gasteiger partial charge in [-0.25, -0.2) is 0 Å². The number of carbonyl (C=O) groups excluding carboxylic acids is 1. The van der Waals surface area contributed by atoms with Gasteiger partial charge in [0.05, 0.1) is 5.52 Å². The van der Waals surface area contributed by atoms with E-state index in [1.807, 2.05) is 0 Å². The summed E-state index contributed by atoms with van der Waals surface area (Å²) in [5.41, 5.74) is 0.906. The van der Waals surface area contributed by atoms with E-state index in [0.29, 0.717) is 20.4 Å². The van der Waals surface area contributed by atoms with Gasteiger partial charge in [0.2, 0.25) is 5.88 Å². The first-order valence-corrected chi connectivity index (χ1v) is 8.38. The van der Waals surface area contributed by atoms with E-state index in [-0.39, 0.29) is 23.4 Å². The SMILES string of the molecule is O=C(N=Nc1c(O)[nH]c2c(Br)cc(Cl)cc12)C1CCCCC1. The number of rotatable bonds is 2. The molecule has 22 heavy (non-hydrogen) atoms.